The van der Waals surface area contributed by atoms with Gasteiger partial charge in [0.05, 0.1) is 0 Å². The Bertz CT molecular complexity index is 337. The maximum absolute atomic E-state index is 10.8. The standard InChI is InChI=1S/C9H8NO3/c10-9(11)8-5-12-6-3-1-2-4-7(6)13-8/h2-4,8H,5H2,(H2,10,11). The first-order chi connectivity index (χ1) is 6.27. The van der Waals surface area contributed by atoms with E-state index in [4.69, 9.17) is 15.2 Å². The maximum atomic E-state index is 10.8. The molecule has 1 amide bonds. The van der Waals surface area contributed by atoms with Gasteiger partial charge in [0.2, 0.25) is 6.10 Å². The number of benzene rings is 1. The van der Waals surface area contributed by atoms with Crippen LogP contribution in [0.5, 0.6) is 11.5 Å². The highest BCUT2D eigenvalue weighted by molar-refractivity contribution is 5.79. The van der Waals surface area contributed by atoms with Crippen molar-refractivity contribution in [3.8, 4) is 11.5 Å². The second-order valence-electron chi connectivity index (χ2n) is 2.69. The van der Waals surface area contributed by atoms with Gasteiger partial charge in [0.25, 0.3) is 5.91 Å². The summed E-state index contributed by atoms with van der Waals surface area (Å²) >= 11 is 0. The number of hydrogen-bond acceptors (Lipinski definition) is 3. The molecule has 1 atom stereocenters. The minimum absolute atomic E-state index is 0.167. The highest BCUT2D eigenvalue weighted by atomic mass is 16.6. The summed E-state index contributed by atoms with van der Waals surface area (Å²) in [7, 11) is 0. The third-order valence-corrected chi connectivity index (χ3v) is 1.76. The van der Waals surface area contributed by atoms with Gasteiger partial charge >= 0.3 is 0 Å². The van der Waals surface area contributed by atoms with Crippen molar-refractivity contribution >= 4 is 5.91 Å². The zero-order chi connectivity index (χ0) is 9.26. The molecule has 0 aromatic heterocycles. The predicted octanol–water partition coefficient (Wildman–Crippen LogP) is 0.112. The van der Waals surface area contributed by atoms with Crippen LogP contribution in [0.2, 0.25) is 0 Å². The number of carbonyl (C=O) groups is 1. The van der Waals surface area contributed by atoms with Crippen LogP contribution in [0.4, 0.5) is 0 Å². The molecular formula is C9H8NO3. The summed E-state index contributed by atoms with van der Waals surface area (Å²) in [5.74, 6) is 0.618. The van der Waals surface area contributed by atoms with Gasteiger partial charge < -0.3 is 15.2 Å². The first kappa shape index (κ1) is 7.91. The van der Waals surface area contributed by atoms with Gasteiger partial charge in [-0.1, -0.05) is 6.07 Å². The molecule has 1 radical (unpaired) electrons. The second-order valence-corrected chi connectivity index (χ2v) is 2.69. The largest absolute Gasteiger partial charge is 0.485 e. The summed E-state index contributed by atoms with van der Waals surface area (Å²) in [6.07, 6.45) is -0.685. The van der Waals surface area contributed by atoms with Gasteiger partial charge in [0.15, 0.2) is 11.5 Å². The first-order valence-electron chi connectivity index (χ1n) is 3.86. The molecule has 1 unspecified atom stereocenters. The van der Waals surface area contributed by atoms with Gasteiger partial charge in [-0.2, -0.15) is 0 Å². The number of primary amides is 1. The summed E-state index contributed by atoms with van der Waals surface area (Å²) in [4.78, 5) is 10.8. The maximum Gasteiger partial charge on any atom is 0.262 e. The first-order valence-corrected chi connectivity index (χ1v) is 3.86. The lowest BCUT2D eigenvalue weighted by molar-refractivity contribution is -0.127. The summed E-state index contributed by atoms with van der Waals surface area (Å²) in [5, 5.41) is 0. The van der Waals surface area contributed by atoms with E-state index in [0.717, 1.165) is 0 Å². The SMILES string of the molecule is NC(=O)C1COc2c[c]ccc2O1. The molecule has 67 valence electrons. The summed E-state index contributed by atoms with van der Waals surface area (Å²) in [6, 6.07) is 7.87. The van der Waals surface area contributed by atoms with E-state index < -0.39 is 12.0 Å². The zero-order valence-electron chi connectivity index (χ0n) is 6.82. The van der Waals surface area contributed by atoms with Crippen LogP contribution in [-0.2, 0) is 4.79 Å². The van der Waals surface area contributed by atoms with Gasteiger partial charge in [-0.15, -0.1) is 0 Å². The molecular weight excluding hydrogens is 170 g/mol. The molecule has 1 aliphatic rings. The number of ether oxygens (including phenoxy) is 2. The van der Waals surface area contributed by atoms with Gasteiger partial charge in [0.1, 0.15) is 6.61 Å². The van der Waals surface area contributed by atoms with Crippen molar-refractivity contribution in [2.24, 2.45) is 5.73 Å². The minimum atomic E-state index is -0.685. The molecule has 0 bridgehead atoms. The predicted molar refractivity (Wildman–Crippen MR) is 44.4 cm³/mol. The molecule has 1 aromatic carbocycles. The van der Waals surface area contributed by atoms with Gasteiger partial charge in [0, 0.05) is 0 Å². The Balaban J connectivity index is 2.24. The van der Waals surface area contributed by atoms with Crippen molar-refractivity contribution in [2.45, 2.75) is 6.10 Å². The number of carbonyl (C=O) groups excluding carboxylic acids is 1. The molecule has 1 heterocycles. The normalized spacial score (nSPS) is 19.5. The van der Waals surface area contributed by atoms with Crippen molar-refractivity contribution in [1.29, 1.82) is 0 Å². The fourth-order valence-electron chi connectivity index (χ4n) is 1.10. The lowest BCUT2D eigenvalue weighted by atomic mass is 10.2. The zero-order valence-corrected chi connectivity index (χ0v) is 6.82. The lowest BCUT2D eigenvalue weighted by Crippen LogP contribution is -2.40. The number of amides is 1. The Morgan fingerprint density at radius 3 is 3.23 bits per heavy atom. The quantitative estimate of drug-likeness (QED) is 0.664. The Morgan fingerprint density at radius 2 is 2.46 bits per heavy atom. The van der Waals surface area contributed by atoms with Crippen LogP contribution in [0.3, 0.4) is 0 Å². The van der Waals surface area contributed by atoms with Gasteiger partial charge in [-0.25, -0.2) is 0 Å². The lowest BCUT2D eigenvalue weighted by Gasteiger charge is -2.23. The molecule has 2 rings (SSSR count). The molecule has 13 heavy (non-hydrogen) atoms. The van der Waals surface area contributed by atoms with E-state index in [2.05, 4.69) is 6.07 Å². The van der Waals surface area contributed by atoms with Crippen LogP contribution in [0, 0.1) is 6.07 Å². The smallest absolute Gasteiger partial charge is 0.262 e. The monoisotopic (exact) mass is 178 g/mol. The summed E-state index contributed by atoms with van der Waals surface area (Å²) < 4.78 is 10.5. The minimum Gasteiger partial charge on any atom is -0.485 e. The van der Waals surface area contributed by atoms with Crippen molar-refractivity contribution in [2.75, 3.05) is 6.61 Å². The molecule has 4 heteroatoms. The van der Waals surface area contributed by atoms with Crippen molar-refractivity contribution in [1.82, 2.24) is 0 Å². The van der Waals surface area contributed by atoms with Crippen LogP contribution < -0.4 is 15.2 Å². The number of hydrogen-bond donors (Lipinski definition) is 1. The van der Waals surface area contributed by atoms with E-state index in [-0.39, 0.29) is 6.61 Å². The molecule has 4 nitrogen and oxygen atoms in total. The van der Waals surface area contributed by atoms with E-state index in [0.29, 0.717) is 11.5 Å². The fraction of sp³-hybridized carbons (Fsp3) is 0.222. The highest BCUT2D eigenvalue weighted by Gasteiger charge is 2.24. The van der Waals surface area contributed by atoms with Gasteiger partial charge in [-0.3, -0.25) is 4.79 Å². The Kier molecular flexibility index (Phi) is 1.81. The second kappa shape index (κ2) is 2.97. The van der Waals surface area contributed by atoms with Gasteiger partial charge in [-0.05, 0) is 18.2 Å². The Labute approximate surface area is 75.2 Å². The van der Waals surface area contributed by atoms with Crippen molar-refractivity contribution < 1.29 is 14.3 Å². The molecule has 0 saturated heterocycles. The Hall–Kier alpha value is -1.71. The summed E-state index contributed by atoms with van der Waals surface area (Å²) in [6.45, 7) is 0.167. The van der Waals surface area contributed by atoms with Crippen LogP contribution in [0.1, 0.15) is 0 Å². The summed E-state index contributed by atoms with van der Waals surface area (Å²) in [5.41, 5.74) is 5.07. The third-order valence-electron chi connectivity index (χ3n) is 1.76. The number of rotatable bonds is 1. The molecule has 0 saturated carbocycles. The van der Waals surface area contributed by atoms with Crippen LogP contribution in [0.25, 0.3) is 0 Å². The number of nitrogens with two attached hydrogens (primary N) is 1. The number of fused-ring (bicyclic) bond motifs is 1. The third kappa shape index (κ3) is 1.42. The van der Waals surface area contributed by atoms with E-state index in [1.807, 2.05) is 0 Å². The molecule has 1 aliphatic heterocycles. The van der Waals surface area contributed by atoms with Crippen molar-refractivity contribution in [3.63, 3.8) is 0 Å². The van der Waals surface area contributed by atoms with E-state index in [1.54, 1.807) is 18.2 Å². The Morgan fingerprint density at radius 1 is 1.62 bits per heavy atom. The van der Waals surface area contributed by atoms with Crippen LogP contribution in [0.15, 0.2) is 18.2 Å². The van der Waals surface area contributed by atoms with Crippen molar-refractivity contribution in [3.05, 3.63) is 24.3 Å². The highest BCUT2D eigenvalue weighted by Crippen LogP contribution is 2.30. The average molecular weight is 178 g/mol. The molecule has 0 aliphatic carbocycles. The topological polar surface area (TPSA) is 61.6 Å². The van der Waals surface area contributed by atoms with E-state index >= 15 is 0 Å². The molecule has 0 spiro atoms. The van der Waals surface area contributed by atoms with Crippen LogP contribution >= 0.6 is 0 Å². The average Bonchev–Trinajstić information content (AvgIpc) is 2.17. The van der Waals surface area contributed by atoms with E-state index in [1.165, 1.54) is 0 Å². The van der Waals surface area contributed by atoms with Crippen LogP contribution in [-0.4, -0.2) is 18.6 Å². The molecule has 2 N–H and O–H groups in total. The van der Waals surface area contributed by atoms with E-state index in [9.17, 15) is 4.79 Å². The molecule has 1 aromatic rings. The molecule has 0 fully saturated rings. The fourth-order valence-corrected chi connectivity index (χ4v) is 1.10.